The number of nitrogens with zero attached hydrogens (tertiary/aromatic N) is 3. The fraction of sp³-hybridized carbons (Fsp3) is 0.0238. The summed E-state index contributed by atoms with van der Waals surface area (Å²) < 4.78 is 6.49. The van der Waals surface area contributed by atoms with Crippen molar-refractivity contribution < 1.29 is 24.5 Å². The first-order valence-corrected chi connectivity index (χ1v) is 15.2. The normalized spacial score (nSPS) is 10.9. The quantitative estimate of drug-likeness (QED) is 0.168. The fourth-order valence-corrected chi connectivity index (χ4v) is 5.89. The molecule has 0 spiro atoms. The molecule has 1 radical (unpaired) electrons. The summed E-state index contributed by atoms with van der Waals surface area (Å²) in [6, 6.07) is 51.5. The largest absolute Gasteiger partial charge is 0.500 e. The van der Waals surface area contributed by atoms with Gasteiger partial charge in [0.1, 0.15) is 5.58 Å². The molecule has 0 fully saturated rings. The molecule has 0 saturated carbocycles. The van der Waals surface area contributed by atoms with Crippen LogP contribution in [0.5, 0.6) is 0 Å². The Morgan fingerprint density at radius 3 is 2.23 bits per heavy atom. The first-order valence-electron chi connectivity index (χ1n) is 15.2. The van der Waals surface area contributed by atoms with Gasteiger partial charge in [-0.1, -0.05) is 77.7 Å². The van der Waals surface area contributed by atoms with Crippen LogP contribution in [0.1, 0.15) is 5.69 Å². The van der Waals surface area contributed by atoms with Gasteiger partial charge in [-0.3, -0.25) is 4.98 Å². The number of hydrogen-bond acceptors (Lipinski definition) is 4. The van der Waals surface area contributed by atoms with E-state index in [2.05, 4.69) is 93.8 Å². The Morgan fingerprint density at radius 2 is 1.36 bits per heavy atom. The number of hydrogen-bond donors (Lipinski definition) is 0. The molecule has 9 aromatic rings. The Kier molecular flexibility index (Phi) is 8.41. The van der Waals surface area contributed by atoms with Crippen molar-refractivity contribution in [3.63, 3.8) is 0 Å². The number of aromatic nitrogens is 3. The van der Waals surface area contributed by atoms with Crippen molar-refractivity contribution in [2.45, 2.75) is 6.92 Å². The summed E-state index contributed by atoms with van der Waals surface area (Å²) in [5.41, 5.74) is 9.70. The maximum Gasteiger partial charge on any atom is 0.128 e. The molecule has 0 unspecified atom stereocenters. The van der Waals surface area contributed by atoms with Crippen LogP contribution < -0.4 is 0 Å². The Hall–Kier alpha value is -5.48. The maximum atomic E-state index is 6.49. The Balaban J connectivity index is 0.000000228. The summed E-state index contributed by atoms with van der Waals surface area (Å²) in [5.74, 6) is 0. The molecule has 0 saturated heterocycles. The van der Waals surface area contributed by atoms with E-state index in [4.69, 9.17) is 4.42 Å². The molecule has 5 aromatic carbocycles. The average molecular weight is 782 g/mol. The molecule has 47 heavy (non-hydrogen) atoms. The molecule has 0 amide bonds. The zero-order valence-electron chi connectivity index (χ0n) is 25.4. The first-order chi connectivity index (χ1) is 22.7. The molecule has 0 bridgehead atoms. The number of furan rings is 1. The van der Waals surface area contributed by atoms with Gasteiger partial charge in [-0.15, -0.1) is 54.1 Å². The second-order valence-corrected chi connectivity index (χ2v) is 11.1. The number of fused-ring (bicyclic) bond motifs is 6. The van der Waals surface area contributed by atoms with Gasteiger partial charge in [0.05, 0.1) is 11.1 Å². The van der Waals surface area contributed by atoms with Gasteiger partial charge in [0.15, 0.2) is 0 Å². The summed E-state index contributed by atoms with van der Waals surface area (Å²) in [6.45, 7) is 2.01. The Bertz CT molecular complexity index is 2450. The predicted molar refractivity (Wildman–Crippen MR) is 187 cm³/mol. The van der Waals surface area contributed by atoms with Crippen LogP contribution in [0.25, 0.3) is 77.3 Å². The molecular weight excluding hydrogens is 755 g/mol. The van der Waals surface area contributed by atoms with Crippen molar-refractivity contribution >= 4 is 43.6 Å². The molecule has 0 aliphatic rings. The molecule has 4 aromatic heterocycles. The summed E-state index contributed by atoms with van der Waals surface area (Å²) in [7, 11) is 0. The van der Waals surface area contributed by atoms with Crippen LogP contribution in [0.15, 0.2) is 150 Å². The average Bonchev–Trinajstić information content (AvgIpc) is 3.52. The molecule has 9 rings (SSSR count). The molecule has 4 heterocycles. The van der Waals surface area contributed by atoms with Crippen LogP contribution in [0, 0.1) is 19.1 Å². The van der Waals surface area contributed by atoms with Gasteiger partial charge in [-0.05, 0) is 65.2 Å². The van der Waals surface area contributed by atoms with Crippen molar-refractivity contribution in [2.75, 3.05) is 0 Å². The SMILES string of the molecule is Cc1ccc2cc(-c3ccnc(-c4[c-]ccc5c4oc4c6ccccc6ccc54)c3)ccc2n1.[Ir].[c-]1ccccc1-c1ccccn1. The second kappa shape index (κ2) is 13.1. The zero-order chi connectivity index (χ0) is 30.9. The van der Waals surface area contributed by atoms with E-state index in [0.717, 1.165) is 77.6 Å². The molecule has 0 aliphatic carbocycles. The zero-order valence-corrected chi connectivity index (χ0v) is 27.8. The number of aryl methyl sites for hydroxylation is 1. The van der Waals surface area contributed by atoms with Crippen LogP contribution >= 0.6 is 0 Å². The van der Waals surface area contributed by atoms with Gasteiger partial charge in [0.25, 0.3) is 0 Å². The van der Waals surface area contributed by atoms with Crippen molar-refractivity contribution in [1.82, 2.24) is 15.0 Å². The Morgan fingerprint density at radius 1 is 0.553 bits per heavy atom. The van der Waals surface area contributed by atoms with E-state index in [1.165, 1.54) is 5.39 Å². The first kappa shape index (κ1) is 30.2. The van der Waals surface area contributed by atoms with E-state index in [-0.39, 0.29) is 20.1 Å². The summed E-state index contributed by atoms with van der Waals surface area (Å²) >= 11 is 0. The van der Waals surface area contributed by atoms with E-state index >= 15 is 0 Å². The topological polar surface area (TPSA) is 51.8 Å². The minimum absolute atomic E-state index is 0. The predicted octanol–water partition coefficient (Wildman–Crippen LogP) is 10.7. The summed E-state index contributed by atoms with van der Waals surface area (Å²) in [4.78, 5) is 13.5. The van der Waals surface area contributed by atoms with E-state index in [1.54, 1.807) is 6.20 Å². The van der Waals surface area contributed by atoms with Gasteiger partial charge in [0.2, 0.25) is 0 Å². The third-order valence-electron chi connectivity index (χ3n) is 8.15. The molecule has 227 valence electrons. The minimum Gasteiger partial charge on any atom is -0.500 e. The van der Waals surface area contributed by atoms with E-state index in [1.807, 2.05) is 79.9 Å². The molecule has 5 heteroatoms. The molecule has 0 atom stereocenters. The Labute approximate surface area is 286 Å². The van der Waals surface area contributed by atoms with Crippen molar-refractivity contribution in [2.24, 2.45) is 0 Å². The monoisotopic (exact) mass is 782 g/mol. The van der Waals surface area contributed by atoms with Gasteiger partial charge in [-0.25, -0.2) is 0 Å². The van der Waals surface area contributed by atoms with Crippen molar-refractivity contribution in [1.29, 1.82) is 0 Å². The van der Waals surface area contributed by atoms with Crippen LogP contribution in [-0.2, 0) is 20.1 Å². The summed E-state index contributed by atoms with van der Waals surface area (Å²) in [5, 5.41) is 5.59. The van der Waals surface area contributed by atoms with E-state index in [9.17, 15) is 0 Å². The molecule has 0 N–H and O–H groups in total. The van der Waals surface area contributed by atoms with Crippen molar-refractivity contribution in [3.8, 4) is 33.6 Å². The minimum atomic E-state index is 0. The molecule has 0 aliphatic heterocycles. The fourth-order valence-electron chi connectivity index (χ4n) is 5.89. The number of benzene rings is 5. The smallest absolute Gasteiger partial charge is 0.128 e. The van der Waals surface area contributed by atoms with E-state index < -0.39 is 0 Å². The van der Waals surface area contributed by atoms with Crippen LogP contribution in [0.3, 0.4) is 0 Å². The van der Waals surface area contributed by atoms with E-state index in [0.29, 0.717) is 0 Å². The maximum absolute atomic E-state index is 6.49. The second-order valence-electron chi connectivity index (χ2n) is 11.1. The third kappa shape index (κ3) is 5.95. The molecular formula is C42H27IrN3O-2. The molecule has 4 nitrogen and oxygen atoms in total. The number of rotatable bonds is 3. The van der Waals surface area contributed by atoms with Gasteiger partial charge < -0.3 is 14.4 Å². The number of pyridine rings is 3. The van der Waals surface area contributed by atoms with Crippen LogP contribution in [0.4, 0.5) is 0 Å². The van der Waals surface area contributed by atoms with Crippen LogP contribution in [-0.4, -0.2) is 15.0 Å². The van der Waals surface area contributed by atoms with Gasteiger partial charge in [0, 0.05) is 54.4 Å². The van der Waals surface area contributed by atoms with Gasteiger partial charge >= 0.3 is 0 Å². The standard InChI is InChI=1S/C31H19N2O.C11H8N.Ir/c1-19-9-10-23-17-21(12-14-28(23)33-19)22-15-16-32-29(18-22)27-8-4-7-25-26-13-11-20-5-2-3-6-24(20)30(26)34-31(25)27;1-2-6-10(7-3-1)11-8-4-5-9-12-11;/h2-7,9-18H,1H3;1-6,8-9H;/q2*-1;. The van der Waals surface area contributed by atoms with Gasteiger partial charge in [-0.2, -0.15) is 0 Å². The van der Waals surface area contributed by atoms with Crippen LogP contribution in [0.2, 0.25) is 0 Å². The third-order valence-corrected chi connectivity index (χ3v) is 8.15. The summed E-state index contributed by atoms with van der Waals surface area (Å²) in [6.07, 6.45) is 3.64. The van der Waals surface area contributed by atoms with Crippen molar-refractivity contribution in [3.05, 3.63) is 164 Å².